The molecule has 0 aliphatic carbocycles. The molecule has 0 radical (unpaired) electrons. The fourth-order valence-corrected chi connectivity index (χ4v) is 2.93. The molecule has 3 aromatic rings. The first kappa shape index (κ1) is 19.4. The minimum Gasteiger partial charge on any atom is -0.462 e. The van der Waals surface area contributed by atoms with E-state index in [1.54, 1.807) is 49.4 Å². The molecule has 1 aromatic heterocycles. The van der Waals surface area contributed by atoms with Gasteiger partial charge < -0.3 is 13.9 Å². The third kappa shape index (κ3) is 4.07. The molecule has 1 aliphatic rings. The third-order valence-corrected chi connectivity index (χ3v) is 4.51. The average molecular weight is 401 g/mol. The topological polar surface area (TPSA) is 78.1 Å². The molecule has 0 unspecified atom stereocenters. The van der Waals surface area contributed by atoms with Crippen LogP contribution < -0.4 is 0 Å². The Morgan fingerprint density at radius 3 is 2.40 bits per heavy atom. The van der Waals surface area contributed by atoms with Crippen LogP contribution >= 0.6 is 0 Å². The number of esters is 2. The highest BCUT2D eigenvalue weighted by Crippen LogP contribution is 2.26. The van der Waals surface area contributed by atoms with Gasteiger partial charge in [0, 0.05) is 17.2 Å². The lowest BCUT2D eigenvalue weighted by atomic mass is 10.1. The van der Waals surface area contributed by atoms with E-state index in [4.69, 9.17) is 13.9 Å². The van der Waals surface area contributed by atoms with Crippen LogP contribution in [0.3, 0.4) is 0 Å². The standard InChI is InChI=1S/C24H19NO5/c1-3-28-23(26)18-10-8-16(9-11-18)21-13-12-19(29-21)14-20-24(27)30-22(25-20)17-6-4-15(2)5-7-17/h4-14H,3H2,1-2H3/b20-14+. The van der Waals surface area contributed by atoms with Gasteiger partial charge in [0.15, 0.2) is 5.70 Å². The van der Waals surface area contributed by atoms with E-state index < -0.39 is 5.97 Å². The van der Waals surface area contributed by atoms with Crippen LogP contribution in [0.1, 0.15) is 34.2 Å². The van der Waals surface area contributed by atoms with Gasteiger partial charge >= 0.3 is 11.9 Å². The summed E-state index contributed by atoms with van der Waals surface area (Å²) in [5.74, 6) is 0.456. The highest BCUT2D eigenvalue weighted by atomic mass is 16.6. The zero-order chi connectivity index (χ0) is 21.1. The van der Waals surface area contributed by atoms with Crippen LogP contribution in [0.5, 0.6) is 0 Å². The fraction of sp³-hybridized carbons (Fsp3) is 0.125. The Labute approximate surface area is 173 Å². The van der Waals surface area contributed by atoms with E-state index in [2.05, 4.69) is 4.99 Å². The normalized spacial score (nSPS) is 14.5. The summed E-state index contributed by atoms with van der Waals surface area (Å²) in [5, 5.41) is 0. The van der Waals surface area contributed by atoms with Crippen molar-refractivity contribution in [2.75, 3.05) is 6.61 Å². The Hall–Kier alpha value is -3.93. The zero-order valence-electron chi connectivity index (χ0n) is 16.5. The van der Waals surface area contributed by atoms with Gasteiger partial charge in [-0.25, -0.2) is 14.6 Å². The maximum atomic E-state index is 12.2. The predicted molar refractivity (Wildman–Crippen MR) is 112 cm³/mol. The number of cyclic esters (lactones) is 1. The molecular formula is C24H19NO5. The molecule has 0 bridgehead atoms. The minimum absolute atomic E-state index is 0.170. The Morgan fingerprint density at radius 2 is 1.70 bits per heavy atom. The Kier molecular flexibility index (Phi) is 5.30. The van der Waals surface area contributed by atoms with E-state index in [-0.39, 0.29) is 17.6 Å². The molecule has 1 aliphatic heterocycles. The first-order chi connectivity index (χ1) is 14.5. The van der Waals surface area contributed by atoms with E-state index in [0.717, 1.165) is 16.7 Å². The summed E-state index contributed by atoms with van der Waals surface area (Å²) in [5.41, 5.74) is 3.29. The van der Waals surface area contributed by atoms with Crippen LogP contribution in [0.25, 0.3) is 17.4 Å². The third-order valence-electron chi connectivity index (χ3n) is 4.51. The van der Waals surface area contributed by atoms with E-state index in [9.17, 15) is 9.59 Å². The largest absolute Gasteiger partial charge is 0.462 e. The first-order valence-electron chi connectivity index (χ1n) is 9.50. The number of carbonyl (C=O) groups excluding carboxylic acids is 2. The van der Waals surface area contributed by atoms with Crippen molar-refractivity contribution in [3.8, 4) is 11.3 Å². The van der Waals surface area contributed by atoms with E-state index in [0.29, 0.717) is 23.7 Å². The van der Waals surface area contributed by atoms with Gasteiger partial charge in [-0.15, -0.1) is 0 Å². The Morgan fingerprint density at radius 1 is 1.00 bits per heavy atom. The molecule has 0 saturated carbocycles. The highest BCUT2D eigenvalue weighted by molar-refractivity contribution is 6.12. The molecule has 2 heterocycles. The van der Waals surface area contributed by atoms with Gasteiger partial charge in [0.1, 0.15) is 11.5 Å². The Balaban J connectivity index is 1.54. The maximum Gasteiger partial charge on any atom is 0.363 e. The second kappa shape index (κ2) is 8.21. The van der Waals surface area contributed by atoms with E-state index >= 15 is 0 Å². The molecule has 2 aromatic carbocycles. The summed E-state index contributed by atoms with van der Waals surface area (Å²) in [6, 6.07) is 18.0. The van der Waals surface area contributed by atoms with Crippen LogP contribution in [-0.2, 0) is 14.3 Å². The molecule has 0 spiro atoms. The van der Waals surface area contributed by atoms with Crippen molar-refractivity contribution < 1.29 is 23.5 Å². The molecule has 6 heteroatoms. The lowest BCUT2D eigenvalue weighted by Crippen LogP contribution is -2.05. The summed E-state index contributed by atoms with van der Waals surface area (Å²) < 4.78 is 16.1. The molecule has 0 fully saturated rings. The number of aryl methyl sites for hydroxylation is 1. The predicted octanol–water partition coefficient (Wildman–Crippen LogP) is 4.78. The van der Waals surface area contributed by atoms with Crippen molar-refractivity contribution in [3.63, 3.8) is 0 Å². The van der Waals surface area contributed by atoms with Crippen LogP contribution in [-0.4, -0.2) is 24.4 Å². The lowest BCUT2D eigenvalue weighted by Gasteiger charge is -2.02. The molecule has 0 atom stereocenters. The second-order valence-electron chi connectivity index (χ2n) is 6.70. The molecule has 30 heavy (non-hydrogen) atoms. The summed E-state index contributed by atoms with van der Waals surface area (Å²) in [6.07, 6.45) is 1.54. The van der Waals surface area contributed by atoms with Crippen molar-refractivity contribution in [1.29, 1.82) is 0 Å². The van der Waals surface area contributed by atoms with Crippen molar-refractivity contribution in [2.24, 2.45) is 4.99 Å². The minimum atomic E-state index is -0.526. The van der Waals surface area contributed by atoms with Gasteiger partial charge in [-0.1, -0.05) is 29.8 Å². The summed E-state index contributed by atoms with van der Waals surface area (Å²) >= 11 is 0. The van der Waals surface area contributed by atoms with Gasteiger partial charge in [0.25, 0.3) is 0 Å². The van der Waals surface area contributed by atoms with Crippen LogP contribution in [0, 0.1) is 6.92 Å². The molecule has 0 N–H and O–H groups in total. The molecule has 4 rings (SSSR count). The summed E-state index contributed by atoms with van der Waals surface area (Å²) in [6.45, 7) is 4.07. The monoisotopic (exact) mass is 401 g/mol. The molecule has 0 amide bonds. The van der Waals surface area contributed by atoms with Gasteiger partial charge in [0.2, 0.25) is 5.90 Å². The van der Waals surface area contributed by atoms with Gasteiger partial charge in [-0.05, 0) is 50.2 Å². The van der Waals surface area contributed by atoms with Gasteiger partial charge in [-0.3, -0.25) is 0 Å². The van der Waals surface area contributed by atoms with E-state index in [1.807, 2.05) is 31.2 Å². The molecule has 0 saturated heterocycles. The fourth-order valence-electron chi connectivity index (χ4n) is 2.93. The molecular weight excluding hydrogens is 382 g/mol. The highest BCUT2D eigenvalue weighted by Gasteiger charge is 2.24. The number of furan rings is 1. The number of carbonyl (C=O) groups is 2. The number of nitrogens with zero attached hydrogens (tertiary/aromatic N) is 1. The molecule has 150 valence electrons. The number of benzene rings is 2. The summed E-state index contributed by atoms with van der Waals surface area (Å²) in [7, 11) is 0. The number of aliphatic imine (C=N–C) groups is 1. The van der Waals surface area contributed by atoms with Crippen molar-refractivity contribution in [1.82, 2.24) is 0 Å². The number of hydrogen-bond acceptors (Lipinski definition) is 6. The van der Waals surface area contributed by atoms with Gasteiger partial charge in [0.05, 0.1) is 12.2 Å². The average Bonchev–Trinajstić information content (AvgIpc) is 3.36. The van der Waals surface area contributed by atoms with Crippen molar-refractivity contribution in [3.05, 3.63) is 88.8 Å². The van der Waals surface area contributed by atoms with Crippen LogP contribution in [0.4, 0.5) is 0 Å². The van der Waals surface area contributed by atoms with Crippen molar-refractivity contribution in [2.45, 2.75) is 13.8 Å². The lowest BCUT2D eigenvalue weighted by molar-refractivity contribution is -0.129. The maximum absolute atomic E-state index is 12.2. The number of hydrogen-bond donors (Lipinski definition) is 0. The smallest absolute Gasteiger partial charge is 0.363 e. The van der Waals surface area contributed by atoms with Crippen LogP contribution in [0.2, 0.25) is 0 Å². The van der Waals surface area contributed by atoms with Crippen LogP contribution in [0.15, 0.2) is 75.8 Å². The molecule has 6 nitrogen and oxygen atoms in total. The second-order valence-corrected chi connectivity index (χ2v) is 6.70. The summed E-state index contributed by atoms with van der Waals surface area (Å²) in [4.78, 5) is 28.2. The quantitative estimate of drug-likeness (QED) is 0.454. The zero-order valence-corrected chi connectivity index (χ0v) is 16.5. The first-order valence-corrected chi connectivity index (χ1v) is 9.50. The Bertz CT molecular complexity index is 1150. The van der Waals surface area contributed by atoms with E-state index in [1.165, 1.54) is 0 Å². The van der Waals surface area contributed by atoms with Gasteiger partial charge in [-0.2, -0.15) is 0 Å². The number of ether oxygens (including phenoxy) is 2. The SMILES string of the molecule is CCOC(=O)c1ccc(-c2ccc(/C=C3/N=C(c4ccc(C)cc4)OC3=O)o2)cc1. The van der Waals surface area contributed by atoms with Crippen molar-refractivity contribution >= 4 is 23.9 Å². The number of rotatable bonds is 5.